The third-order valence-electron chi connectivity index (χ3n) is 2.28. The van der Waals surface area contributed by atoms with Crippen molar-refractivity contribution in [2.24, 2.45) is 0 Å². The highest BCUT2D eigenvalue weighted by Gasteiger charge is 2.08. The Morgan fingerprint density at radius 2 is 2.00 bits per heavy atom. The number of halogens is 4. The van der Waals surface area contributed by atoms with Crippen LogP contribution in [0.1, 0.15) is 5.56 Å². The first-order chi connectivity index (χ1) is 8.58. The van der Waals surface area contributed by atoms with Crippen LogP contribution < -0.4 is 5.32 Å². The lowest BCUT2D eigenvalue weighted by atomic mass is 10.2. The van der Waals surface area contributed by atoms with E-state index in [-0.39, 0.29) is 5.82 Å². The van der Waals surface area contributed by atoms with Crippen molar-refractivity contribution in [2.45, 2.75) is 6.54 Å². The minimum absolute atomic E-state index is 0.366. The quantitative estimate of drug-likeness (QED) is 0.797. The van der Waals surface area contributed by atoms with Gasteiger partial charge in [0.25, 0.3) is 0 Å². The molecule has 0 unspecified atom stereocenters. The summed E-state index contributed by atoms with van der Waals surface area (Å²) in [7, 11) is 0. The van der Waals surface area contributed by atoms with Crippen molar-refractivity contribution < 1.29 is 4.39 Å². The highest BCUT2D eigenvalue weighted by Crippen LogP contribution is 2.35. The fourth-order valence-corrected chi connectivity index (χ4v) is 2.25. The lowest BCUT2D eigenvalue weighted by Gasteiger charge is -2.10. The molecule has 6 heteroatoms. The second-order valence-corrected chi connectivity index (χ2v) is 5.20. The Bertz CT molecular complexity index is 578. The van der Waals surface area contributed by atoms with Crippen LogP contribution in [0, 0.1) is 5.82 Å². The molecule has 18 heavy (non-hydrogen) atoms. The number of nitrogens with zero attached hydrogens (tertiary/aromatic N) is 1. The van der Waals surface area contributed by atoms with E-state index in [4.69, 9.17) is 23.2 Å². The van der Waals surface area contributed by atoms with Crippen molar-refractivity contribution in [3.05, 3.63) is 56.5 Å². The predicted octanol–water partition coefficient (Wildman–Crippen LogP) is 4.90. The van der Waals surface area contributed by atoms with E-state index < -0.39 is 0 Å². The first-order valence-corrected chi connectivity index (χ1v) is 6.59. The fraction of sp³-hybridized carbons (Fsp3) is 0.0833. The highest BCUT2D eigenvalue weighted by atomic mass is 79.9. The summed E-state index contributed by atoms with van der Waals surface area (Å²) < 4.78 is 13.7. The van der Waals surface area contributed by atoms with Gasteiger partial charge in [0.15, 0.2) is 0 Å². The third-order valence-corrected chi connectivity index (χ3v) is 4.05. The lowest BCUT2D eigenvalue weighted by molar-refractivity contribution is 0.619. The van der Waals surface area contributed by atoms with Gasteiger partial charge in [-0.15, -0.1) is 0 Å². The smallest absolute Gasteiger partial charge is 0.141 e. The molecule has 1 aromatic heterocycles. The van der Waals surface area contributed by atoms with Gasteiger partial charge in [-0.25, -0.2) is 4.39 Å². The van der Waals surface area contributed by atoms with E-state index in [1.54, 1.807) is 18.3 Å². The molecular weight excluding hydrogens is 342 g/mol. The maximum atomic E-state index is 12.9. The van der Waals surface area contributed by atoms with Gasteiger partial charge in [-0.05, 0) is 39.7 Å². The topological polar surface area (TPSA) is 24.9 Å². The Morgan fingerprint density at radius 1 is 1.22 bits per heavy atom. The molecule has 2 nitrogen and oxygen atoms in total. The van der Waals surface area contributed by atoms with E-state index in [1.807, 2.05) is 0 Å². The Kier molecular flexibility index (Phi) is 4.43. The van der Waals surface area contributed by atoms with Gasteiger partial charge in [-0.2, -0.15) is 0 Å². The van der Waals surface area contributed by atoms with Gasteiger partial charge in [-0.3, -0.25) is 4.98 Å². The number of anilines is 1. The number of benzene rings is 1. The summed E-state index contributed by atoms with van der Waals surface area (Å²) >= 11 is 15.4. The van der Waals surface area contributed by atoms with Crippen LogP contribution in [0.2, 0.25) is 10.0 Å². The van der Waals surface area contributed by atoms with Crippen molar-refractivity contribution in [1.82, 2.24) is 4.98 Å². The molecule has 2 aromatic rings. The zero-order valence-corrected chi connectivity index (χ0v) is 12.2. The van der Waals surface area contributed by atoms with Crippen LogP contribution in [0.5, 0.6) is 0 Å². The van der Waals surface area contributed by atoms with Crippen LogP contribution in [0.4, 0.5) is 10.1 Å². The molecule has 0 saturated heterocycles. The summed E-state index contributed by atoms with van der Waals surface area (Å²) in [6.07, 6.45) is 2.75. The molecule has 0 fully saturated rings. The van der Waals surface area contributed by atoms with Gasteiger partial charge in [0, 0.05) is 17.2 Å². The maximum Gasteiger partial charge on any atom is 0.141 e. The van der Waals surface area contributed by atoms with E-state index in [0.29, 0.717) is 22.3 Å². The summed E-state index contributed by atoms with van der Waals surface area (Å²) in [5.74, 6) is -0.366. The van der Waals surface area contributed by atoms with Crippen LogP contribution in [0.15, 0.2) is 35.1 Å². The van der Waals surface area contributed by atoms with Crippen molar-refractivity contribution in [2.75, 3.05) is 5.32 Å². The molecule has 0 aliphatic rings. The van der Waals surface area contributed by atoms with Crippen LogP contribution in [0.3, 0.4) is 0 Å². The average molecular weight is 350 g/mol. The number of pyridine rings is 1. The van der Waals surface area contributed by atoms with Crippen LogP contribution in [-0.4, -0.2) is 4.98 Å². The van der Waals surface area contributed by atoms with E-state index in [1.165, 1.54) is 6.07 Å². The molecule has 0 radical (unpaired) electrons. The zero-order chi connectivity index (χ0) is 13.1. The molecule has 0 bridgehead atoms. The minimum Gasteiger partial charge on any atom is -0.380 e. The van der Waals surface area contributed by atoms with Gasteiger partial charge >= 0.3 is 0 Å². The first-order valence-electron chi connectivity index (χ1n) is 5.04. The van der Waals surface area contributed by atoms with Crippen LogP contribution >= 0.6 is 39.1 Å². The molecule has 1 N–H and O–H groups in total. The molecule has 2 rings (SSSR count). The number of nitrogens with one attached hydrogen (secondary N) is 1. The number of aromatic nitrogens is 1. The lowest BCUT2D eigenvalue weighted by Crippen LogP contribution is -2.01. The molecule has 1 heterocycles. The summed E-state index contributed by atoms with van der Waals surface area (Å²) in [4.78, 5) is 3.77. The largest absolute Gasteiger partial charge is 0.380 e. The SMILES string of the molecule is Fc1cncc(CNc2ccc(Br)c(Cl)c2Cl)c1. The summed E-state index contributed by atoms with van der Waals surface area (Å²) in [6.45, 7) is 0.419. The van der Waals surface area contributed by atoms with E-state index >= 15 is 0 Å². The second kappa shape index (κ2) is 5.87. The van der Waals surface area contributed by atoms with E-state index in [2.05, 4.69) is 26.2 Å². The Hall–Kier alpha value is -0.840. The Morgan fingerprint density at radius 3 is 2.72 bits per heavy atom. The summed E-state index contributed by atoms with van der Waals surface area (Å²) in [5.41, 5.74) is 1.42. The highest BCUT2D eigenvalue weighted by molar-refractivity contribution is 9.10. The standard InChI is InChI=1S/C12H8BrCl2FN2/c13-9-1-2-10(12(15)11(9)14)18-5-7-3-8(16)6-17-4-7/h1-4,6,18H,5H2. The summed E-state index contributed by atoms with van der Waals surface area (Å²) in [5, 5.41) is 3.95. The van der Waals surface area contributed by atoms with E-state index in [0.717, 1.165) is 16.2 Å². The molecule has 0 aliphatic heterocycles. The molecule has 0 spiro atoms. The van der Waals surface area contributed by atoms with Crippen molar-refractivity contribution in [3.8, 4) is 0 Å². The van der Waals surface area contributed by atoms with Crippen LogP contribution in [0.25, 0.3) is 0 Å². The maximum absolute atomic E-state index is 12.9. The number of rotatable bonds is 3. The Labute approximate surface area is 122 Å². The van der Waals surface area contributed by atoms with Crippen molar-refractivity contribution >= 4 is 44.8 Å². The van der Waals surface area contributed by atoms with Gasteiger partial charge in [0.1, 0.15) is 5.82 Å². The van der Waals surface area contributed by atoms with Crippen LogP contribution in [-0.2, 0) is 6.54 Å². The van der Waals surface area contributed by atoms with Gasteiger partial charge in [-0.1, -0.05) is 23.2 Å². The predicted molar refractivity (Wildman–Crippen MR) is 75.7 cm³/mol. The monoisotopic (exact) mass is 348 g/mol. The normalized spacial score (nSPS) is 10.4. The first kappa shape index (κ1) is 13.6. The molecule has 1 aromatic carbocycles. The van der Waals surface area contributed by atoms with Gasteiger partial charge in [0.05, 0.1) is 21.9 Å². The molecule has 94 valence electrons. The molecule has 0 amide bonds. The number of hydrogen-bond donors (Lipinski definition) is 1. The fourth-order valence-electron chi connectivity index (χ4n) is 1.41. The molecule has 0 aliphatic carbocycles. The zero-order valence-electron chi connectivity index (χ0n) is 9.05. The van der Waals surface area contributed by atoms with E-state index in [9.17, 15) is 4.39 Å². The summed E-state index contributed by atoms with van der Waals surface area (Å²) in [6, 6.07) is 5.00. The molecule has 0 atom stereocenters. The third kappa shape index (κ3) is 3.13. The number of hydrogen-bond acceptors (Lipinski definition) is 2. The van der Waals surface area contributed by atoms with Gasteiger partial charge < -0.3 is 5.32 Å². The average Bonchev–Trinajstić information content (AvgIpc) is 2.35. The van der Waals surface area contributed by atoms with Crippen molar-refractivity contribution in [1.29, 1.82) is 0 Å². The van der Waals surface area contributed by atoms with Gasteiger partial charge in [0.2, 0.25) is 0 Å². The molecule has 0 saturated carbocycles. The molecular formula is C12H8BrCl2FN2. The Balaban J connectivity index is 2.14. The second-order valence-electron chi connectivity index (χ2n) is 3.59. The van der Waals surface area contributed by atoms with Crippen molar-refractivity contribution in [3.63, 3.8) is 0 Å². The minimum atomic E-state index is -0.366.